The van der Waals surface area contributed by atoms with Gasteiger partial charge in [0.05, 0.1) is 12.2 Å². The van der Waals surface area contributed by atoms with Crippen molar-refractivity contribution in [3.05, 3.63) is 71.8 Å². The summed E-state index contributed by atoms with van der Waals surface area (Å²) >= 11 is 0. The van der Waals surface area contributed by atoms with E-state index in [0.29, 0.717) is 36.1 Å². The third-order valence-corrected chi connectivity index (χ3v) is 4.43. The van der Waals surface area contributed by atoms with Crippen LogP contribution in [0.1, 0.15) is 16.2 Å². The fraction of sp³-hybridized carbons (Fsp3) is 0.238. The molecule has 2 aromatic carbocycles. The molecule has 1 N–H and O–H groups in total. The first-order valence-corrected chi connectivity index (χ1v) is 9.15. The Bertz CT molecular complexity index is 1010. The molecule has 0 radical (unpaired) electrons. The van der Waals surface area contributed by atoms with Gasteiger partial charge in [0.2, 0.25) is 0 Å². The minimum atomic E-state index is -0.374. The summed E-state index contributed by atoms with van der Waals surface area (Å²) in [6.45, 7) is 0.862. The zero-order valence-electron chi connectivity index (χ0n) is 15.8. The summed E-state index contributed by atoms with van der Waals surface area (Å²) in [6, 6.07) is 14.9. The standard InChI is InChI=1S/C21H20FN3O4/c1-25(11-17-13-28-19-7-2-3-8-20(19)29-17)21(26)18-10-15(23-24-18)12-27-16-6-4-5-14(22)9-16/h2-10,17H,11-13H2,1H3,(H,23,24)/t17-/m0/s1. The number of ether oxygens (including phenoxy) is 3. The van der Waals surface area contributed by atoms with E-state index in [1.54, 1.807) is 25.2 Å². The van der Waals surface area contributed by atoms with E-state index in [0.717, 1.165) is 0 Å². The molecule has 4 rings (SSSR count). The van der Waals surface area contributed by atoms with Gasteiger partial charge in [-0.15, -0.1) is 0 Å². The first kappa shape index (κ1) is 18.8. The van der Waals surface area contributed by atoms with Crippen LogP contribution in [0.2, 0.25) is 0 Å². The number of likely N-dealkylation sites (N-methyl/N-ethyl adjacent to an activating group) is 1. The van der Waals surface area contributed by atoms with Crippen LogP contribution in [0.25, 0.3) is 0 Å². The fourth-order valence-corrected chi connectivity index (χ4v) is 3.00. The Balaban J connectivity index is 1.32. The number of aromatic amines is 1. The van der Waals surface area contributed by atoms with Crippen molar-refractivity contribution < 1.29 is 23.4 Å². The van der Waals surface area contributed by atoms with Gasteiger partial charge >= 0.3 is 0 Å². The van der Waals surface area contributed by atoms with Crippen LogP contribution in [0.5, 0.6) is 17.2 Å². The topological polar surface area (TPSA) is 76.7 Å². The smallest absolute Gasteiger partial charge is 0.274 e. The van der Waals surface area contributed by atoms with Gasteiger partial charge in [-0.25, -0.2) is 4.39 Å². The maximum Gasteiger partial charge on any atom is 0.274 e. The number of carbonyl (C=O) groups is 1. The monoisotopic (exact) mass is 397 g/mol. The van der Waals surface area contributed by atoms with E-state index in [4.69, 9.17) is 14.2 Å². The lowest BCUT2D eigenvalue weighted by Crippen LogP contribution is -2.41. The molecule has 29 heavy (non-hydrogen) atoms. The van der Waals surface area contributed by atoms with Crippen LogP contribution in [0.4, 0.5) is 4.39 Å². The van der Waals surface area contributed by atoms with Crippen molar-refractivity contribution in [2.45, 2.75) is 12.7 Å². The Kier molecular flexibility index (Phi) is 5.33. The molecule has 1 aromatic heterocycles. The highest BCUT2D eigenvalue weighted by Gasteiger charge is 2.25. The molecule has 0 saturated carbocycles. The van der Waals surface area contributed by atoms with Gasteiger partial charge in [-0.3, -0.25) is 9.89 Å². The van der Waals surface area contributed by atoms with E-state index in [-0.39, 0.29) is 30.1 Å². The minimum absolute atomic E-state index is 0.143. The van der Waals surface area contributed by atoms with Crippen LogP contribution in [0.3, 0.4) is 0 Å². The Morgan fingerprint density at radius 2 is 2.07 bits per heavy atom. The van der Waals surface area contributed by atoms with Gasteiger partial charge in [-0.05, 0) is 30.3 Å². The molecule has 8 heteroatoms. The van der Waals surface area contributed by atoms with Crippen LogP contribution >= 0.6 is 0 Å². The van der Waals surface area contributed by atoms with Crippen molar-refractivity contribution in [1.82, 2.24) is 15.1 Å². The molecule has 1 amide bonds. The van der Waals surface area contributed by atoms with E-state index < -0.39 is 0 Å². The molecule has 3 aromatic rings. The first-order chi connectivity index (χ1) is 14.1. The predicted molar refractivity (Wildman–Crippen MR) is 103 cm³/mol. The largest absolute Gasteiger partial charge is 0.487 e. The number of para-hydroxylation sites is 2. The second-order valence-corrected chi connectivity index (χ2v) is 6.71. The van der Waals surface area contributed by atoms with E-state index in [2.05, 4.69) is 10.2 Å². The Morgan fingerprint density at radius 3 is 2.90 bits per heavy atom. The predicted octanol–water partition coefficient (Wildman–Crippen LogP) is 3.04. The van der Waals surface area contributed by atoms with Crippen molar-refractivity contribution in [2.75, 3.05) is 20.2 Å². The Labute approximate surface area is 167 Å². The molecule has 0 fully saturated rings. The molecule has 0 spiro atoms. The number of hydrogen-bond acceptors (Lipinski definition) is 5. The molecular weight excluding hydrogens is 377 g/mol. The van der Waals surface area contributed by atoms with Crippen molar-refractivity contribution in [3.63, 3.8) is 0 Å². The van der Waals surface area contributed by atoms with E-state index >= 15 is 0 Å². The average Bonchev–Trinajstić information content (AvgIpc) is 3.20. The van der Waals surface area contributed by atoms with Crippen LogP contribution < -0.4 is 14.2 Å². The van der Waals surface area contributed by atoms with Crippen LogP contribution in [0, 0.1) is 5.82 Å². The third-order valence-electron chi connectivity index (χ3n) is 4.43. The molecule has 0 bridgehead atoms. The number of benzene rings is 2. The summed E-state index contributed by atoms with van der Waals surface area (Å²) in [5.74, 6) is 1.15. The van der Waals surface area contributed by atoms with Crippen molar-refractivity contribution in [2.24, 2.45) is 0 Å². The number of H-pyrrole nitrogens is 1. The highest BCUT2D eigenvalue weighted by atomic mass is 19.1. The maximum absolute atomic E-state index is 13.2. The van der Waals surface area contributed by atoms with Crippen LogP contribution in [-0.4, -0.2) is 47.3 Å². The van der Waals surface area contributed by atoms with Gasteiger partial charge in [0.15, 0.2) is 23.3 Å². The second kappa shape index (κ2) is 8.22. The number of nitrogens with zero attached hydrogens (tertiary/aromatic N) is 2. The third kappa shape index (κ3) is 4.48. The Morgan fingerprint density at radius 1 is 1.24 bits per heavy atom. The number of aromatic nitrogens is 2. The summed E-state index contributed by atoms with van der Waals surface area (Å²) in [6.07, 6.45) is -0.270. The van der Waals surface area contributed by atoms with Crippen molar-refractivity contribution in [1.29, 1.82) is 0 Å². The molecule has 2 heterocycles. The van der Waals surface area contributed by atoms with Crippen LogP contribution in [0.15, 0.2) is 54.6 Å². The molecule has 1 aliphatic heterocycles. The molecule has 7 nitrogen and oxygen atoms in total. The number of fused-ring (bicyclic) bond motifs is 1. The van der Waals surface area contributed by atoms with E-state index in [1.165, 1.54) is 17.0 Å². The molecule has 150 valence electrons. The first-order valence-electron chi connectivity index (χ1n) is 9.15. The molecule has 0 saturated heterocycles. The molecule has 0 aliphatic carbocycles. The van der Waals surface area contributed by atoms with Crippen molar-refractivity contribution >= 4 is 5.91 Å². The van der Waals surface area contributed by atoms with Gasteiger partial charge in [-0.1, -0.05) is 18.2 Å². The summed E-state index contributed by atoms with van der Waals surface area (Å²) in [5, 5.41) is 6.82. The van der Waals surface area contributed by atoms with Crippen molar-refractivity contribution in [3.8, 4) is 17.2 Å². The molecular formula is C21H20FN3O4. The SMILES string of the molecule is CN(C[C@H]1COc2ccccc2O1)C(=O)c1cc(COc2cccc(F)c2)[nH]n1. The Hall–Kier alpha value is -3.55. The number of halogens is 1. The van der Waals surface area contributed by atoms with E-state index in [1.807, 2.05) is 24.3 Å². The van der Waals surface area contributed by atoms with Gasteiger partial charge in [0.25, 0.3) is 5.91 Å². The van der Waals surface area contributed by atoms with E-state index in [9.17, 15) is 9.18 Å². The van der Waals surface area contributed by atoms with Gasteiger partial charge in [0, 0.05) is 13.1 Å². The second-order valence-electron chi connectivity index (χ2n) is 6.71. The average molecular weight is 397 g/mol. The quantitative estimate of drug-likeness (QED) is 0.692. The lowest BCUT2D eigenvalue weighted by atomic mass is 10.2. The lowest BCUT2D eigenvalue weighted by Gasteiger charge is -2.29. The fourth-order valence-electron chi connectivity index (χ4n) is 3.00. The highest BCUT2D eigenvalue weighted by Crippen LogP contribution is 2.31. The molecule has 0 unspecified atom stereocenters. The number of amides is 1. The number of rotatable bonds is 6. The zero-order chi connectivity index (χ0) is 20.2. The summed E-state index contributed by atoms with van der Waals surface area (Å²) in [4.78, 5) is 14.2. The van der Waals surface area contributed by atoms with Gasteiger partial charge in [-0.2, -0.15) is 5.10 Å². The lowest BCUT2D eigenvalue weighted by molar-refractivity contribution is 0.0517. The normalized spacial score (nSPS) is 15.0. The molecule has 1 atom stereocenters. The summed E-state index contributed by atoms with van der Waals surface area (Å²) < 4.78 is 30.3. The summed E-state index contributed by atoms with van der Waals surface area (Å²) in [7, 11) is 1.68. The number of hydrogen-bond donors (Lipinski definition) is 1. The van der Waals surface area contributed by atoms with Gasteiger partial charge in [0.1, 0.15) is 24.8 Å². The highest BCUT2D eigenvalue weighted by molar-refractivity contribution is 5.92. The van der Waals surface area contributed by atoms with Gasteiger partial charge < -0.3 is 19.1 Å². The zero-order valence-corrected chi connectivity index (χ0v) is 15.8. The summed E-state index contributed by atoms with van der Waals surface area (Å²) in [5.41, 5.74) is 0.875. The number of nitrogens with one attached hydrogen (secondary N) is 1. The van der Waals surface area contributed by atoms with Crippen LogP contribution in [-0.2, 0) is 6.61 Å². The number of carbonyl (C=O) groups excluding carboxylic acids is 1. The molecule has 1 aliphatic rings. The minimum Gasteiger partial charge on any atom is -0.487 e. The maximum atomic E-state index is 13.2.